The SMILES string of the molecule is CCC(=Nc1c(C)cc(C)cc1C)C(C)=Nc1c(C)cc(C)cc1C. The van der Waals surface area contributed by atoms with Crippen molar-refractivity contribution in [2.24, 2.45) is 9.98 Å². The fourth-order valence-corrected chi connectivity index (χ4v) is 3.48. The Kier molecular flexibility index (Phi) is 5.94. The highest BCUT2D eigenvalue weighted by Gasteiger charge is 2.09. The van der Waals surface area contributed by atoms with E-state index in [1.807, 2.05) is 0 Å². The number of aryl methyl sites for hydroxylation is 6. The molecule has 0 amide bonds. The Morgan fingerprint density at radius 1 is 0.680 bits per heavy atom. The van der Waals surface area contributed by atoms with Gasteiger partial charge in [0.25, 0.3) is 0 Å². The standard InChI is InChI=1S/C23H30N2/c1-9-21(25-23-18(6)12-15(3)13-19(23)7)20(8)24-22-16(4)10-14(2)11-17(22)5/h10-13H,9H2,1-8H3. The Labute approximate surface area is 152 Å². The lowest BCUT2D eigenvalue weighted by Gasteiger charge is -2.12. The minimum Gasteiger partial charge on any atom is -0.251 e. The van der Waals surface area contributed by atoms with Crippen LogP contribution in [-0.2, 0) is 0 Å². The van der Waals surface area contributed by atoms with Gasteiger partial charge in [-0.15, -0.1) is 0 Å². The van der Waals surface area contributed by atoms with Gasteiger partial charge in [-0.05, 0) is 77.1 Å². The molecule has 0 atom stereocenters. The fraction of sp³-hybridized carbons (Fsp3) is 0.391. The molecule has 0 aliphatic carbocycles. The van der Waals surface area contributed by atoms with Gasteiger partial charge in [-0.1, -0.05) is 42.3 Å². The largest absolute Gasteiger partial charge is 0.251 e. The number of nitrogens with zero attached hydrogens (tertiary/aromatic N) is 2. The summed E-state index contributed by atoms with van der Waals surface area (Å²) in [5.41, 5.74) is 11.6. The molecular formula is C23H30N2. The van der Waals surface area contributed by atoms with Gasteiger partial charge in [-0.3, -0.25) is 9.98 Å². The van der Waals surface area contributed by atoms with E-state index in [-0.39, 0.29) is 0 Å². The number of hydrogen-bond donors (Lipinski definition) is 0. The molecule has 0 heterocycles. The minimum atomic E-state index is 0.867. The van der Waals surface area contributed by atoms with Crippen molar-refractivity contribution in [3.8, 4) is 0 Å². The maximum absolute atomic E-state index is 4.98. The monoisotopic (exact) mass is 334 g/mol. The first-order valence-electron chi connectivity index (χ1n) is 9.01. The van der Waals surface area contributed by atoms with Gasteiger partial charge < -0.3 is 0 Å². The van der Waals surface area contributed by atoms with E-state index in [1.165, 1.54) is 33.4 Å². The van der Waals surface area contributed by atoms with Crippen LogP contribution in [0.2, 0.25) is 0 Å². The molecule has 25 heavy (non-hydrogen) atoms. The van der Waals surface area contributed by atoms with Crippen molar-refractivity contribution in [1.29, 1.82) is 0 Å². The second-order valence-electron chi connectivity index (χ2n) is 7.10. The summed E-state index contributed by atoms with van der Waals surface area (Å²) < 4.78 is 0. The molecule has 0 saturated carbocycles. The quantitative estimate of drug-likeness (QED) is 0.548. The second kappa shape index (κ2) is 7.77. The van der Waals surface area contributed by atoms with Crippen LogP contribution in [0.15, 0.2) is 34.3 Å². The van der Waals surface area contributed by atoms with Gasteiger partial charge in [0.1, 0.15) is 0 Å². The molecule has 0 N–H and O–H groups in total. The summed E-state index contributed by atoms with van der Waals surface area (Å²) >= 11 is 0. The van der Waals surface area contributed by atoms with Gasteiger partial charge in [0.2, 0.25) is 0 Å². The van der Waals surface area contributed by atoms with E-state index >= 15 is 0 Å². The molecule has 0 aliphatic rings. The van der Waals surface area contributed by atoms with Crippen molar-refractivity contribution in [1.82, 2.24) is 0 Å². The Hall–Kier alpha value is -2.22. The first kappa shape index (κ1) is 19.1. The molecular weight excluding hydrogens is 304 g/mol. The number of rotatable bonds is 4. The van der Waals surface area contributed by atoms with Crippen molar-refractivity contribution in [2.45, 2.75) is 61.8 Å². The Bertz CT molecular complexity index is 808. The molecule has 2 heteroatoms. The second-order valence-corrected chi connectivity index (χ2v) is 7.10. The summed E-state index contributed by atoms with van der Waals surface area (Å²) in [6.45, 7) is 17.0. The molecule has 0 unspecified atom stereocenters. The van der Waals surface area contributed by atoms with Gasteiger partial charge in [-0.25, -0.2) is 0 Å². The van der Waals surface area contributed by atoms with Crippen LogP contribution in [0.5, 0.6) is 0 Å². The molecule has 132 valence electrons. The lowest BCUT2D eigenvalue weighted by molar-refractivity contribution is 1.24. The summed E-state index contributed by atoms with van der Waals surface area (Å²) in [7, 11) is 0. The molecule has 2 nitrogen and oxygen atoms in total. The average molecular weight is 335 g/mol. The van der Waals surface area contributed by atoms with Crippen molar-refractivity contribution in [2.75, 3.05) is 0 Å². The van der Waals surface area contributed by atoms with Gasteiger partial charge in [-0.2, -0.15) is 0 Å². The predicted molar refractivity (Wildman–Crippen MR) is 111 cm³/mol. The van der Waals surface area contributed by atoms with E-state index in [2.05, 4.69) is 79.7 Å². The van der Waals surface area contributed by atoms with Crippen LogP contribution < -0.4 is 0 Å². The van der Waals surface area contributed by atoms with Gasteiger partial charge >= 0.3 is 0 Å². The summed E-state index contributed by atoms with van der Waals surface area (Å²) in [6, 6.07) is 8.77. The average Bonchev–Trinajstić information content (AvgIpc) is 2.50. The van der Waals surface area contributed by atoms with E-state index in [4.69, 9.17) is 9.98 Å². The summed E-state index contributed by atoms with van der Waals surface area (Å²) in [5, 5.41) is 0. The molecule has 0 aromatic heterocycles. The summed E-state index contributed by atoms with van der Waals surface area (Å²) in [4.78, 5) is 9.91. The third kappa shape index (κ3) is 4.45. The van der Waals surface area contributed by atoms with Crippen LogP contribution in [0.3, 0.4) is 0 Å². The van der Waals surface area contributed by atoms with E-state index in [9.17, 15) is 0 Å². The Balaban J connectivity index is 2.51. The molecule has 0 spiro atoms. The maximum Gasteiger partial charge on any atom is 0.0692 e. The molecule has 0 radical (unpaired) electrons. The van der Waals surface area contributed by atoms with Crippen LogP contribution in [0.4, 0.5) is 11.4 Å². The molecule has 2 aromatic carbocycles. The summed E-state index contributed by atoms with van der Waals surface area (Å²) in [6.07, 6.45) is 0.867. The predicted octanol–water partition coefficient (Wildman–Crippen LogP) is 6.81. The zero-order chi connectivity index (χ0) is 18.7. The van der Waals surface area contributed by atoms with Crippen LogP contribution in [0.1, 0.15) is 53.6 Å². The molecule has 0 aliphatic heterocycles. The maximum atomic E-state index is 4.98. The molecule has 0 saturated heterocycles. The van der Waals surface area contributed by atoms with Crippen molar-refractivity contribution >= 4 is 22.8 Å². The van der Waals surface area contributed by atoms with E-state index in [0.717, 1.165) is 29.2 Å². The van der Waals surface area contributed by atoms with Crippen LogP contribution in [0.25, 0.3) is 0 Å². The van der Waals surface area contributed by atoms with Crippen LogP contribution >= 0.6 is 0 Å². The van der Waals surface area contributed by atoms with Gasteiger partial charge in [0, 0.05) is 0 Å². The number of hydrogen-bond acceptors (Lipinski definition) is 2. The zero-order valence-electron chi connectivity index (χ0n) is 16.9. The lowest BCUT2D eigenvalue weighted by atomic mass is 10.0. The third-order valence-electron chi connectivity index (χ3n) is 4.55. The van der Waals surface area contributed by atoms with E-state index < -0.39 is 0 Å². The van der Waals surface area contributed by atoms with Crippen LogP contribution in [0, 0.1) is 41.5 Å². The molecule has 0 bridgehead atoms. The molecule has 2 rings (SSSR count). The highest BCUT2D eigenvalue weighted by Crippen LogP contribution is 2.28. The normalized spacial score (nSPS) is 12.6. The van der Waals surface area contributed by atoms with Gasteiger partial charge in [0.05, 0.1) is 22.8 Å². The van der Waals surface area contributed by atoms with Crippen molar-refractivity contribution < 1.29 is 0 Å². The smallest absolute Gasteiger partial charge is 0.0692 e. The Morgan fingerprint density at radius 2 is 1.04 bits per heavy atom. The number of benzene rings is 2. The van der Waals surface area contributed by atoms with Crippen LogP contribution in [-0.4, -0.2) is 11.4 Å². The van der Waals surface area contributed by atoms with Crippen molar-refractivity contribution in [3.63, 3.8) is 0 Å². The first-order valence-corrected chi connectivity index (χ1v) is 9.01. The first-order chi connectivity index (χ1) is 11.7. The molecule has 2 aromatic rings. The van der Waals surface area contributed by atoms with E-state index in [1.54, 1.807) is 0 Å². The van der Waals surface area contributed by atoms with E-state index in [0.29, 0.717) is 0 Å². The third-order valence-corrected chi connectivity index (χ3v) is 4.55. The highest BCUT2D eigenvalue weighted by molar-refractivity contribution is 6.42. The summed E-state index contributed by atoms with van der Waals surface area (Å²) in [5.74, 6) is 0. The highest BCUT2D eigenvalue weighted by atomic mass is 14.8. The topological polar surface area (TPSA) is 24.7 Å². The lowest BCUT2D eigenvalue weighted by Crippen LogP contribution is -2.09. The minimum absolute atomic E-state index is 0.867. The zero-order valence-corrected chi connectivity index (χ0v) is 16.9. The fourth-order valence-electron chi connectivity index (χ4n) is 3.48. The molecule has 0 fully saturated rings. The Morgan fingerprint density at radius 3 is 1.40 bits per heavy atom. The van der Waals surface area contributed by atoms with Crippen molar-refractivity contribution in [3.05, 3.63) is 57.6 Å². The van der Waals surface area contributed by atoms with Gasteiger partial charge in [0.15, 0.2) is 0 Å². The number of aliphatic imine (C=N–C) groups is 2.